The standard InChI is InChI=1S/C12H15NO2/c1-12(2,10-7-13-10)9-5-3-4-8(6-9)11(14)15/h3-6,10,13H,7H2,1-2H3,(H,14,15). The fraction of sp³-hybridized carbons (Fsp3) is 0.417. The Morgan fingerprint density at radius 3 is 2.73 bits per heavy atom. The highest BCUT2D eigenvalue weighted by atomic mass is 16.4. The van der Waals surface area contributed by atoms with Crippen molar-refractivity contribution in [1.82, 2.24) is 5.32 Å². The summed E-state index contributed by atoms with van der Waals surface area (Å²) in [5, 5.41) is 12.2. The van der Waals surface area contributed by atoms with Gasteiger partial charge in [-0.2, -0.15) is 0 Å². The zero-order chi connectivity index (χ0) is 11.1. The number of carboxylic acids is 1. The van der Waals surface area contributed by atoms with E-state index in [9.17, 15) is 4.79 Å². The maximum Gasteiger partial charge on any atom is 0.335 e. The number of carbonyl (C=O) groups is 1. The molecule has 0 bridgehead atoms. The van der Waals surface area contributed by atoms with Gasteiger partial charge in [0.2, 0.25) is 0 Å². The second-order valence-electron chi connectivity index (χ2n) is 4.57. The molecule has 0 radical (unpaired) electrons. The van der Waals surface area contributed by atoms with Crippen molar-refractivity contribution in [2.45, 2.75) is 25.3 Å². The Balaban J connectivity index is 2.35. The number of nitrogens with one attached hydrogen (secondary N) is 1. The molecule has 1 aromatic rings. The Labute approximate surface area is 89.1 Å². The number of benzene rings is 1. The van der Waals surface area contributed by atoms with E-state index < -0.39 is 5.97 Å². The van der Waals surface area contributed by atoms with Crippen LogP contribution in [0.4, 0.5) is 0 Å². The van der Waals surface area contributed by atoms with Crippen molar-refractivity contribution in [3.05, 3.63) is 35.4 Å². The first kappa shape index (κ1) is 10.2. The molecule has 1 aliphatic rings. The molecule has 15 heavy (non-hydrogen) atoms. The highest BCUT2D eigenvalue weighted by molar-refractivity contribution is 5.87. The Morgan fingerprint density at radius 2 is 2.20 bits per heavy atom. The molecule has 0 spiro atoms. The summed E-state index contributed by atoms with van der Waals surface area (Å²) in [6, 6.07) is 7.67. The average molecular weight is 205 g/mol. The maximum absolute atomic E-state index is 10.8. The molecule has 2 N–H and O–H groups in total. The van der Waals surface area contributed by atoms with Crippen LogP contribution in [0.3, 0.4) is 0 Å². The van der Waals surface area contributed by atoms with Gasteiger partial charge in [-0.15, -0.1) is 0 Å². The Kier molecular flexibility index (Phi) is 2.27. The predicted molar refractivity (Wildman–Crippen MR) is 58.2 cm³/mol. The van der Waals surface area contributed by atoms with Crippen LogP contribution in [0.2, 0.25) is 0 Å². The molecule has 1 heterocycles. The third-order valence-corrected chi connectivity index (χ3v) is 3.13. The van der Waals surface area contributed by atoms with E-state index in [0.717, 1.165) is 12.1 Å². The van der Waals surface area contributed by atoms with E-state index in [1.165, 1.54) is 0 Å². The molecule has 0 aromatic heterocycles. The first-order valence-electron chi connectivity index (χ1n) is 5.09. The van der Waals surface area contributed by atoms with Gasteiger partial charge in [0.25, 0.3) is 0 Å². The molecule has 1 unspecified atom stereocenters. The van der Waals surface area contributed by atoms with Gasteiger partial charge in [-0.05, 0) is 17.7 Å². The van der Waals surface area contributed by atoms with E-state index in [0.29, 0.717) is 11.6 Å². The second-order valence-corrected chi connectivity index (χ2v) is 4.57. The van der Waals surface area contributed by atoms with Crippen molar-refractivity contribution >= 4 is 5.97 Å². The van der Waals surface area contributed by atoms with Gasteiger partial charge >= 0.3 is 5.97 Å². The zero-order valence-corrected chi connectivity index (χ0v) is 8.95. The van der Waals surface area contributed by atoms with Crippen molar-refractivity contribution < 1.29 is 9.90 Å². The molecular weight excluding hydrogens is 190 g/mol. The summed E-state index contributed by atoms with van der Waals surface area (Å²) < 4.78 is 0. The van der Waals surface area contributed by atoms with Gasteiger partial charge in [0.05, 0.1) is 5.56 Å². The van der Waals surface area contributed by atoms with Crippen molar-refractivity contribution in [2.24, 2.45) is 0 Å². The molecule has 1 fully saturated rings. The van der Waals surface area contributed by atoms with Crippen LogP contribution in [0.25, 0.3) is 0 Å². The summed E-state index contributed by atoms with van der Waals surface area (Å²) in [4.78, 5) is 10.8. The van der Waals surface area contributed by atoms with E-state index in [2.05, 4.69) is 19.2 Å². The average Bonchev–Trinajstić information content (AvgIpc) is 3.01. The SMILES string of the molecule is CC(C)(c1cccc(C(=O)O)c1)C1CN1. The Bertz CT molecular complexity index is 394. The highest BCUT2D eigenvalue weighted by Gasteiger charge is 2.38. The van der Waals surface area contributed by atoms with Crippen LogP contribution in [-0.2, 0) is 5.41 Å². The van der Waals surface area contributed by atoms with E-state index in [4.69, 9.17) is 5.11 Å². The van der Waals surface area contributed by atoms with Crippen LogP contribution in [-0.4, -0.2) is 23.7 Å². The van der Waals surface area contributed by atoms with Crippen molar-refractivity contribution in [2.75, 3.05) is 6.54 Å². The molecule has 3 heteroatoms. The topological polar surface area (TPSA) is 59.2 Å². The molecule has 1 aliphatic heterocycles. The summed E-state index contributed by atoms with van der Waals surface area (Å²) >= 11 is 0. The van der Waals surface area contributed by atoms with E-state index >= 15 is 0 Å². The lowest BCUT2D eigenvalue weighted by Crippen LogP contribution is -2.26. The summed E-state index contributed by atoms with van der Waals surface area (Å²) in [7, 11) is 0. The summed E-state index contributed by atoms with van der Waals surface area (Å²) in [5.74, 6) is -0.864. The van der Waals surface area contributed by atoms with Crippen LogP contribution in [0.1, 0.15) is 29.8 Å². The van der Waals surface area contributed by atoms with Gasteiger partial charge in [-0.25, -0.2) is 4.79 Å². The van der Waals surface area contributed by atoms with Crippen molar-refractivity contribution in [1.29, 1.82) is 0 Å². The second kappa shape index (κ2) is 3.35. The number of hydrogen-bond donors (Lipinski definition) is 2. The molecule has 80 valence electrons. The fourth-order valence-electron chi connectivity index (χ4n) is 1.82. The minimum atomic E-state index is -0.864. The zero-order valence-electron chi connectivity index (χ0n) is 8.95. The molecule has 1 saturated heterocycles. The molecular formula is C12H15NO2. The molecule has 0 amide bonds. The lowest BCUT2D eigenvalue weighted by atomic mass is 9.81. The van der Waals surface area contributed by atoms with Crippen molar-refractivity contribution in [3.8, 4) is 0 Å². The van der Waals surface area contributed by atoms with Gasteiger partial charge in [-0.1, -0.05) is 26.0 Å². The normalized spacial score (nSPS) is 20.0. The fourth-order valence-corrected chi connectivity index (χ4v) is 1.82. The van der Waals surface area contributed by atoms with E-state index in [-0.39, 0.29) is 5.41 Å². The van der Waals surface area contributed by atoms with Crippen LogP contribution >= 0.6 is 0 Å². The number of carboxylic acid groups (broad SMARTS) is 1. The lowest BCUT2D eigenvalue weighted by molar-refractivity contribution is 0.0696. The molecule has 0 aliphatic carbocycles. The minimum absolute atomic E-state index is 0.00542. The molecule has 1 atom stereocenters. The Hall–Kier alpha value is -1.35. The monoisotopic (exact) mass is 205 g/mol. The minimum Gasteiger partial charge on any atom is -0.478 e. The largest absolute Gasteiger partial charge is 0.478 e. The van der Waals surface area contributed by atoms with Gasteiger partial charge in [0.1, 0.15) is 0 Å². The molecule has 1 aromatic carbocycles. The highest BCUT2D eigenvalue weighted by Crippen LogP contribution is 2.31. The van der Waals surface area contributed by atoms with Gasteiger partial charge in [-0.3, -0.25) is 0 Å². The molecule has 0 saturated carbocycles. The van der Waals surface area contributed by atoms with Crippen LogP contribution in [0.15, 0.2) is 24.3 Å². The molecule has 2 rings (SSSR count). The quantitative estimate of drug-likeness (QED) is 0.737. The first-order valence-corrected chi connectivity index (χ1v) is 5.09. The van der Waals surface area contributed by atoms with Crippen LogP contribution in [0, 0.1) is 0 Å². The first-order chi connectivity index (χ1) is 7.01. The maximum atomic E-state index is 10.8. The predicted octanol–water partition coefficient (Wildman–Crippen LogP) is 1.63. The van der Waals surface area contributed by atoms with Crippen molar-refractivity contribution in [3.63, 3.8) is 0 Å². The van der Waals surface area contributed by atoms with E-state index in [1.54, 1.807) is 12.1 Å². The Morgan fingerprint density at radius 1 is 1.53 bits per heavy atom. The van der Waals surface area contributed by atoms with Crippen LogP contribution in [0.5, 0.6) is 0 Å². The van der Waals surface area contributed by atoms with Gasteiger partial charge < -0.3 is 10.4 Å². The molecule has 3 nitrogen and oxygen atoms in total. The smallest absolute Gasteiger partial charge is 0.335 e. The summed E-state index contributed by atoms with van der Waals surface area (Å²) in [6.07, 6.45) is 0. The number of aromatic carboxylic acids is 1. The number of rotatable bonds is 3. The third-order valence-electron chi connectivity index (χ3n) is 3.13. The van der Waals surface area contributed by atoms with E-state index in [1.807, 2.05) is 12.1 Å². The third kappa shape index (κ3) is 1.88. The number of hydrogen-bond acceptors (Lipinski definition) is 2. The van der Waals surface area contributed by atoms with Crippen LogP contribution < -0.4 is 5.32 Å². The summed E-state index contributed by atoms with van der Waals surface area (Å²) in [6.45, 7) is 5.29. The lowest BCUT2D eigenvalue weighted by Gasteiger charge is -2.24. The van der Waals surface area contributed by atoms with Gasteiger partial charge in [0.15, 0.2) is 0 Å². The van der Waals surface area contributed by atoms with Gasteiger partial charge in [0, 0.05) is 18.0 Å². The summed E-state index contributed by atoms with van der Waals surface area (Å²) in [5.41, 5.74) is 1.45.